The van der Waals surface area contributed by atoms with Crippen molar-refractivity contribution in [3.8, 4) is 0 Å². The number of anilines is 1. The first-order valence-corrected chi connectivity index (χ1v) is 6.29. The Morgan fingerprint density at radius 1 is 1.11 bits per heavy atom. The lowest BCUT2D eigenvalue weighted by Crippen LogP contribution is -2.41. The summed E-state index contributed by atoms with van der Waals surface area (Å²) in [4.78, 5) is 0. The van der Waals surface area contributed by atoms with Gasteiger partial charge in [0.05, 0.1) is 11.2 Å². The van der Waals surface area contributed by atoms with Gasteiger partial charge >= 0.3 is 7.12 Å². The molecule has 1 aliphatic rings. The number of nitrogen functional groups attached to an aromatic ring is 1. The molecular weight excluding hydrogens is 244 g/mol. The van der Waals surface area contributed by atoms with Gasteiger partial charge in [-0.2, -0.15) is 0 Å². The van der Waals surface area contributed by atoms with E-state index < -0.39 is 24.0 Å². The predicted octanol–water partition coefficient (Wildman–Crippen LogP) is 3.21. The number of hydrogen-bond acceptors (Lipinski definition) is 3. The van der Waals surface area contributed by atoms with Crippen LogP contribution in [0.2, 0.25) is 0 Å². The van der Waals surface area contributed by atoms with Gasteiger partial charge in [-0.1, -0.05) is 12.1 Å². The molecule has 102 valence electrons. The van der Waals surface area contributed by atoms with Crippen molar-refractivity contribution >= 4 is 18.9 Å². The Balaban J connectivity index is 2.17. The summed E-state index contributed by atoms with van der Waals surface area (Å²) in [5, 5.41) is 0. The highest BCUT2D eigenvalue weighted by molar-refractivity contribution is 6.54. The van der Waals surface area contributed by atoms with Gasteiger partial charge in [0.15, 0.2) is 0 Å². The first kappa shape index (κ1) is 14.1. The summed E-state index contributed by atoms with van der Waals surface area (Å²) in [5.41, 5.74) is 5.44. The topological polar surface area (TPSA) is 44.5 Å². The van der Waals surface area contributed by atoms with Gasteiger partial charge in [-0.3, -0.25) is 0 Å². The molecule has 1 aliphatic heterocycles. The fraction of sp³-hybridized carbons (Fsp3) is 0.429. The van der Waals surface area contributed by atoms with E-state index >= 15 is 0 Å². The summed E-state index contributed by atoms with van der Waals surface area (Å²) in [6, 6.07) is 6.95. The van der Waals surface area contributed by atoms with E-state index in [1.165, 1.54) is 6.08 Å². The quantitative estimate of drug-likeness (QED) is 0.658. The van der Waals surface area contributed by atoms with Crippen molar-refractivity contribution < 1.29 is 13.7 Å². The van der Waals surface area contributed by atoms with Gasteiger partial charge in [0.2, 0.25) is 0 Å². The van der Waals surface area contributed by atoms with Crippen LogP contribution >= 0.6 is 0 Å². The van der Waals surface area contributed by atoms with Crippen LogP contribution in [0.3, 0.4) is 0 Å². The first-order chi connectivity index (χ1) is 8.71. The minimum Gasteiger partial charge on any atom is -0.399 e. The van der Waals surface area contributed by atoms with E-state index in [4.69, 9.17) is 15.0 Å². The number of rotatable bonds is 2. The van der Waals surface area contributed by atoms with Crippen molar-refractivity contribution in [2.75, 3.05) is 5.73 Å². The molecule has 0 amide bonds. The maximum atomic E-state index is 14.2. The zero-order valence-electron chi connectivity index (χ0n) is 11.7. The number of hydrogen-bond donors (Lipinski definition) is 1. The van der Waals surface area contributed by atoms with Gasteiger partial charge in [-0.25, -0.2) is 4.39 Å². The second kappa shape index (κ2) is 4.65. The Morgan fingerprint density at radius 2 is 1.58 bits per heavy atom. The predicted molar refractivity (Wildman–Crippen MR) is 76.0 cm³/mol. The van der Waals surface area contributed by atoms with E-state index in [1.807, 2.05) is 27.7 Å². The van der Waals surface area contributed by atoms with E-state index in [9.17, 15) is 4.39 Å². The molecule has 19 heavy (non-hydrogen) atoms. The molecule has 2 rings (SSSR count). The molecule has 0 atom stereocenters. The molecule has 1 aromatic rings. The summed E-state index contributed by atoms with van der Waals surface area (Å²) in [7, 11) is -0.956. The van der Waals surface area contributed by atoms with Gasteiger partial charge in [0.1, 0.15) is 5.73 Å². The van der Waals surface area contributed by atoms with Crippen LogP contribution in [-0.2, 0) is 9.31 Å². The Hall–Kier alpha value is -1.33. The Morgan fingerprint density at radius 3 is 2.05 bits per heavy atom. The van der Waals surface area contributed by atoms with E-state index in [0.29, 0.717) is 5.69 Å². The first-order valence-electron chi connectivity index (χ1n) is 6.29. The van der Waals surface area contributed by atoms with Crippen LogP contribution < -0.4 is 5.73 Å². The molecule has 1 heterocycles. The van der Waals surface area contributed by atoms with Crippen LogP contribution in [0.4, 0.5) is 10.1 Å². The summed E-state index contributed by atoms with van der Waals surface area (Å²) >= 11 is 0. The molecule has 0 aliphatic carbocycles. The summed E-state index contributed by atoms with van der Waals surface area (Å²) in [6.07, 6.45) is 1.40. The molecule has 0 spiro atoms. The monoisotopic (exact) mass is 263 g/mol. The maximum absolute atomic E-state index is 14.2. The average Bonchev–Trinajstić information content (AvgIpc) is 2.51. The minimum absolute atomic E-state index is 0.441. The second-order valence-electron chi connectivity index (χ2n) is 5.78. The SMILES string of the molecule is CC1(C)OB(C(F)=Cc2ccc(N)cc2)OC1(C)C. The average molecular weight is 263 g/mol. The number of halogens is 1. The number of nitrogens with two attached hydrogens (primary N) is 1. The van der Waals surface area contributed by atoms with Gasteiger partial charge in [-0.15, -0.1) is 0 Å². The molecule has 0 aromatic heterocycles. The zero-order chi connectivity index (χ0) is 14.3. The fourth-order valence-corrected chi connectivity index (χ4v) is 1.78. The van der Waals surface area contributed by atoms with E-state index in [1.54, 1.807) is 24.3 Å². The molecule has 3 nitrogen and oxygen atoms in total. The molecule has 2 N–H and O–H groups in total. The Kier molecular flexibility index (Phi) is 3.45. The van der Waals surface area contributed by atoms with Crippen LogP contribution in [0.15, 0.2) is 30.0 Å². The van der Waals surface area contributed by atoms with Crippen molar-refractivity contribution in [2.24, 2.45) is 0 Å². The molecule has 0 unspecified atom stereocenters. The van der Waals surface area contributed by atoms with Crippen molar-refractivity contribution in [1.29, 1.82) is 0 Å². The third kappa shape index (κ3) is 2.82. The van der Waals surface area contributed by atoms with Crippen LogP contribution in [-0.4, -0.2) is 18.3 Å². The van der Waals surface area contributed by atoms with Crippen LogP contribution in [0, 0.1) is 0 Å². The highest BCUT2D eigenvalue weighted by Crippen LogP contribution is 2.39. The third-order valence-corrected chi connectivity index (χ3v) is 3.72. The second-order valence-corrected chi connectivity index (χ2v) is 5.78. The molecule has 0 radical (unpaired) electrons. The molecule has 1 fully saturated rings. The standard InChI is InChI=1S/C14H19BFNO2/c1-13(2)14(3,4)19-15(18-13)12(16)9-10-5-7-11(17)8-6-10/h5-9H,17H2,1-4H3. The largest absolute Gasteiger partial charge is 0.525 e. The molecule has 5 heteroatoms. The number of benzene rings is 1. The van der Waals surface area contributed by atoms with Crippen LogP contribution in [0.5, 0.6) is 0 Å². The maximum Gasteiger partial charge on any atom is 0.525 e. The lowest BCUT2D eigenvalue weighted by atomic mass is 9.87. The highest BCUT2D eigenvalue weighted by atomic mass is 19.1. The van der Waals surface area contributed by atoms with Crippen molar-refractivity contribution in [3.05, 3.63) is 35.6 Å². The molecule has 1 aromatic carbocycles. The van der Waals surface area contributed by atoms with Crippen LogP contribution in [0.1, 0.15) is 33.3 Å². The molecule has 0 saturated carbocycles. The fourth-order valence-electron chi connectivity index (χ4n) is 1.78. The normalized spacial score (nSPS) is 21.7. The lowest BCUT2D eigenvalue weighted by molar-refractivity contribution is 0.00578. The summed E-state index contributed by atoms with van der Waals surface area (Å²) in [6.45, 7) is 7.57. The van der Waals surface area contributed by atoms with Gasteiger partial charge in [0, 0.05) is 5.69 Å². The molecule has 0 bridgehead atoms. The summed E-state index contributed by atoms with van der Waals surface area (Å²) in [5.74, 6) is 0. The van der Waals surface area contributed by atoms with E-state index in [2.05, 4.69) is 0 Å². The van der Waals surface area contributed by atoms with Crippen molar-refractivity contribution in [1.82, 2.24) is 0 Å². The van der Waals surface area contributed by atoms with Crippen LogP contribution in [0.25, 0.3) is 6.08 Å². The smallest absolute Gasteiger partial charge is 0.399 e. The lowest BCUT2D eigenvalue weighted by Gasteiger charge is -2.32. The molecular formula is C14H19BFNO2. The summed E-state index contributed by atoms with van der Waals surface area (Å²) < 4.78 is 25.4. The zero-order valence-corrected chi connectivity index (χ0v) is 11.7. The van der Waals surface area contributed by atoms with Crippen molar-refractivity contribution in [3.63, 3.8) is 0 Å². The highest BCUT2D eigenvalue weighted by Gasteiger charge is 2.52. The van der Waals surface area contributed by atoms with E-state index in [-0.39, 0.29) is 0 Å². The Labute approximate surface area is 113 Å². The Bertz CT molecular complexity index is 481. The van der Waals surface area contributed by atoms with E-state index in [0.717, 1.165) is 5.56 Å². The minimum atomic E-state index is -0.956. The molecule has 1 saturated heterocycles. The van der Waals surface area contributed by atoms with Gasteiger partial charge < -0.3 is 15.0 Å². The van der Waals surface area contributed by atoms with Gasteiger partial charge in [0.25, 0.3) is 0 Å². The van der Waals surface area contributed by atoms with Gasteiger partial charge in [-0.05, 0) is 51.5 Å². The van der Waals surface area contributed by atoms with Crippen molar-refractivity contribution in [2.45, 2.75) is 38.9 Å². The third-order valence-electron chi connectivity index (χ3n) is 3.72.